The van der Waals surface area contributed by atoms with Crippen molar-refractivity contribution in [3.05, 3.63) is 35.4 Å². The molecule has 2 N–H and O–H groups in total. The molecule has 1 fully saturated rings. The maximum Gasteiger partial charge on any atom is 0.0113 e. The Morgan fingerprint density at radius 1 is 1.28 bits per heavy atom. The number of hydrogen-bond acceptors (Lipinski definition) is 1. The summed E-state index contributed by atoms with van der Waals surface area (Å²) in [7, 11) is 0. The molecule has 0 amide bonds. The average Bonchev–Trinajstić information content (AvgIpc) is 2.31. The van der Waals surface area contributed by atoms with Crippen molar-refractivity contribution in [2.45, 2.75) is 58.9 Å². The van der Waals surface area contributed by atoms with Gasteiger partial charge in [0.15, 0.2) is 0 Å². The first-order valence-electron chi connectivity index (χ1n) is 7.31. The minimum absolute atomic E-state index is 0.307. The zero-order valence-electron chi connectivity index (χ0n) is 12.1. The highest BCUT2D eigenvalue weighted by molar-refractivity contribution is 5.26. The maximum absolute atomic E-state index is 6.52. The fourth-order valence-corrected chi connectivity index (χ4v) is 3.55. The van der Waals surface area contributed by atoms with Crippen molar-refractivity contribution in [1.82, 2.24) is 0 Å². The minimum atomic E-state index is 0.307. The molecule has 0 saturated heterocycles. The van der Waals surface area contributed by atoms with E-state index in [1.807, 2.05) is 0 Å². The third kappa shape index (κ3) is 2.95. The number of aryl methyl sites for hydroxylation is 1. The Morgan fingerprint density at radius 2 is 2.00 bits per heavy atom. The Morgan fingerprint density at radius 3 is 2.67 bits per heavy atom. The van der Waals surface area contributed by atoms with Crippen molar-refractivity contribution >= 4 is 0 Å². The molecule has 1 aromatic carbocycles. The van der Waals surface area contributed by atoms with Crippen LogP contribution < -0.4 is 5.73 Å². The van der Waals surface area contributed by atoms with Crippen LogP contribution in [-0.4, -0.2) is 6.04 Å². The van der Waals surface area contributed by atoms with Crippen molar-refractivity contribution in [2.75, 3.05) is 0 Å². The summed E-state index contributed by atoms with van der Waals surface area (Å²) in [4.78, 5) is 0. The predicted molar refractivity (Wildman–Crippen MR) is 78.6 cm³/mol. The Balaban J connectivity index is 2.07. The Hall–Kier alpha value is -0.820. The van der Waals surface area contributed by atoms with Crippen LogP contribution in [0.3, 0.4) is 0 Å². The Bertz CT molecular complexity index is 394. The predicted octanol–water partition coefficient (Wildman–Crippen LogP) is 4.08. The second kappa shape index (κ2) is 5.44. The molecule has 0 heterocycles. The molecule has 0 radical (unpaired) electrons. The minimum Gasteiger partial charge on any atom is -0.327 e. The van der Waals surface area contributed by atoms with Crippen LogP contribution in [0, 0.1) is 18.3 Å². The number of benzene rings is 1. The summed E-state index contributed by atoms with van der Waals surface area (Å²) in [5.74, 6) is 0.672. The highest BCUT2D eigenvalue weighted by Gasteiger charge is 2.35. The van der Waals surface area contributed by atoms with Crippen molar-refractivity contribution in [1.29, 1.82) is 0 Å². The lowest BCUT2D eigenvalue weighted by Gasteiger charge is -2.42. The van der Waals surface area contributed by atoms with E-state index in [0.29, 0.717) is 17.4 Å². The molecule has 18 heavy (non-hydrogen) atoms. The summed E-state index contributed by atoms with van der Waals surface area (Å²) >= 11 is 0. The molecule has 0 bridgehead atoms. The van der Waals surface area contributed by atoms with Gasteiger partial charge < -0.3 is 5.73 Å². The lowest BCUT2D eigenvalue weighted by molar-refractivity contribution is 0.112. The van der Waals surface area contributed by atoms with Gasteiger partial charge in [-0.3, -0.25) is 0 Å². The van der Waals surface area contributed by atoms with E-state index in [4.69, 9.17) is 5.73 Å². The van der Waals surface area contributed by atoms with Crippen LogP contribution in [0.2, 0.25) is 0 Å². The molecule has 2 rings (SSSR count). The van der Waals surface area contributed by atoms with Gasteiger partial charge in [-0.2, -0.15) is 0 Å². The van der Waals surface area contributed by atoms with Gasteiger partial charge >= 0.3 is 0 Å². The van der Waals surface area contributed by atoms with Crippen LogP contribution >= 0.6 is 0 Å². The number of rotatable bonds is 3. The van der Waals surface area contributed by atoms with E-state index in [0.717, 1.165) is 6.42 Å². The molecule has 0 spiro atoms. The van der Waals surface area contributed by atoms with Gasteiger partial charge in [-0.25, -0.2) is 0 Å². The second-order valence-electron chi connectivity index (χ2n) is 6.64. The van der Waals surface area contributed by atoms with Gasteiger partial charge in [-0.1, -0.05) is 51.0 Å². The molecule has 1 nitrogen and oxygen atoms in total. The van der Waals surface area contributed by atoms with Gasteiger partial charge in [0.1, 0.15) is 0 Å². The van der Waals surface area contributed by atoms with Crippen LogP contribution in [0.4, 0.5) is 0 Å². The summed E-state index contributed by atoms with van der Waals surface area (Å²) in [6.45, 7) is 6.98. The van der Waals surface area contributed by atoms with E-state index >= 15 is 0 Å². The molecule has 2 atom stereocenters. The quantitative estimate of drug-likeness (QED) is 0.853. The van der Waals surface area contributed by atoms with Crippen molar-refractivity contribution in [3.63, 3.8) is 0 Å². The molecule has 1 saturated carbocycles. The van der Waals surface area contributed by atoms with Gasteiger partial charge in [0.25, 0.3) is 0 Å². The first kappa shape index (κ1) is 13.6. The first-order valence-corrected chi connectivity index (χ1v) is 7.31. The smallest absolute Gasteiger partial charge is 0.0113 e. The number of hydrogen-bond donors (Lipinski definition) is 1. The highest BCUT2D eigenvalue weighted by atomic mass is 14.7. The zero-order valence-corrected chi connectivity index (χ0v) is 12.1. The maximum atomic E-state index is 6.52. The largest absolute Gasteiger partial charge is 0.327 e. The molecule has 0 aliphatic heterocycles. The molecule has 1 aliphatic carbocycles. The van der Waals surface area contributed by atoms with Crippen LogP contribution in [-0.2, 0) is 6.42 Å². The topological polar surface area (TPSA) is 26.0 Å². The van der Waals surface area contributed by atoms with E-state index in [1.54, 1.807) is 0 Å². The lowest BCUT2D eigenvalue weighted by atomic mass is 9.65. The van der Waals surface area contributed by atoms with Crippen LogP contribution in [0.5, 0.6) is 0 Å². The highest BCUT2D eigenvalue weighted by Crippen LogP contribution is 2.42. The average molecular weight is 245 g/mol. The SMILES string of the molecule is Cc1ccccc1CC(N)C1CCCCC1(C)C. The number of nitrogens with two attached hydrogens (primary N) is 1. The van der Waals surface area contributed by atoms with E-state index < -0.39 is 0 Å². The molecular weight excluding hydrogens is 218 g/mol. The normalized spacial score (nSPS) is 24.8. The summed E-state index contributed by atoms with van der Waals surface area (Å²) in [6.07, 6.45) is 6.40. The first-order chi connectivity index (χ1) is 8.50. The van der Waals surface area contributed by atoms with Crippen LogP contribution in [0.15, 0.2) is 24.3 Å². The molecule has 2 unspecified atom stereocenters. The third-order valence-electron chi connectivity index (χ3n) is 4.82. The van der Waals surface area contributed by atoms with Crippen LogP contribution in [0.1, 0.15) is 50.7 Å². The summed E-state index contributed by atoms with van der Waals surface area (Å²) in [5, 5.41) is 0. The fraction of sp³-hybridized carbons (Fsp3) is 0.647. The fourth-order valence-electron chi connectivity index (χ4n) is 3.55. The summed E-state index contributed by atoms with van der Waals surface area (Å²) in [5.41, 5.74) is 9.74. The standard InChI is InChI=1S/C17H27N/c1-13-8-4-5-9-14(13)12-16(18)15-10-6-7-11-17(15,2)3/h4-5,8-9,15-16H,6-7,10-12,18H2,1-3H3. The van der Waals surface area contributed by atoms with Crippen molar-refractivity contribution in [2.24, 2.45) is 17.1 Å². The molecule has 100 valence electrons. The molecule has 1 aliphatic rings. The van der Waals surface area contributed by atoms with E-state index in [-0.39, 0.29) is 0 Å². The summed E-state index contributed by atoms with van der Waals surface area (Å²) in [6, 6.07) is 8.95. The van der Waals surface area contributed by atoms with E-state index in [2.05, 4.69) is 45.0 Å². The monoisotopic (exact) mass is 245 g/mol. The van der Waals surface area contributed by atoms with Gasteiger partial charge in [-0.05, 0) is 48.6 Å². The Kier molecular flexibility index (Phi) is 4.11. The van der Waals surface area contributed by atoms with Gasteiger partial charge in [0, 0.05) is 6.04 Å². The van der Waals surface area contributed by atoms with E-state index in [9.17, 15) is 0 Å². The van der Waals surface area contributed by atoms with Gasteiger partial charge in [0.05, 0.1) is 0 Å². The molecule has 1 heteroatoms. The molecular formula is C17H27N. The Labute approximate surface area is 112 Å². The van der Waals surface area contributed by atoms with Crippen LogP contribution in [0.25, 0.3) is 0 Å². The lowest BCUT2D eigenvalue weighted by Crippen LogP contribution is -2.43. The third-order valence-corrected chi connectivity index (χ3v) is 4.82. The van der Waals surface area contributed by atoms with E-state index in [1.165, 1.54) is 36.8 Å². The summed E-state index contributed by atoms with van der Waals surface area (Å²) < 4.78 is 0. The second-order valence-corrected chi connectivity index (χ2v) is 6.64. The van der Waals surface area contributed by atoms with Crippen molar-refractivity contribution in [3.8, 4) is 0 Å². The van der Waals surface area contributed by atoms with Crippen molar-refractivity contribution < 1.29 is 0 Å². The van der Waals surface area contributed by atoms with Gasteiger partial charge in [0.2, 0.25) is 0 Å². The molecule has 0 aromatic heterocycles. The van der Waals surface area contributed by atoms with Gasteiger partial charge in [-0.15, -0.1) is 0 Å². The molecule has 1 aromatic rings. The zero-order chi connectivity index (χ0) is 13.2.